The van der Waals surface area contributed by atoms with Crippen LogP contribution < -0.4 is 37.2 Å². The van der Waals surface area contributed by atoms with Gasteiger partial charge in [0.15, 0.2) is 0 Å². The van der Waals surface area contributed by atoms with E-state index in [2.05, 4.69) is 69.6 Å². The van der Waals surface area contributed by atoms with Crippen LogP contribution in [0.3, 0.4) is 0 Å². The maximum atomic E-state index is 2.31. The van der Waals surface area contributed by atoms with Gasteiger partial charge in [-0.05, 0) is 13.3 Å². The molecule has 0 spiro atoms. The van der Waals surface area contributed by atoms with Gasteiger partial charge in [-0.25, -0.2) is 0 Å². The molecule has 0 atom stereocenters. The van der Waals surface area contributed by atoms with Crippen LogP contribution in [0.2, 0.25) is 0 Å². The zero-order chi connectivity index (χ0) is 12.0. The van der Waals surface area contributed by atoms with E-state index in [1.807, 2.05) is 0 Å². The maximum Gasteiger partial charge on any atom is 3.00 e. The predicted octanol–water partition coefficient (Wildman–Crippen LogP) is -4.09. The van der Waals surface area contributed by atoms with E-state index in [9.17, 15) is 0 Å². The van der Waals surface area contributed by atoms with Crippen LogP contribution in [0.5, 0.6) is 0 Å². The van der Waals surface area contributed by atoms with Gasteiger partial charge in [-0.15, -0.1) is 37.6 Å². The van der Waals surface area contributed by atoms with Gasteiger partial charge in [-0.3, -0.25) is 0 Å². The van der Waals surface area contributed by atoms with Crippen LogP contribution in [-0.4, -0.2) is 19.5 Å². The van der Waals surface area contributed by atoms with Crippen LogP contribution >= 0.6 is 7.92 Å². The van der Waals surface area contributed by atoms with E-state index in [1.165, 1.54) is 16.9 Å². The zero-order valence-electron chi connectivity index (χ0n) is 12.3. The first-order valence-corrected chi connectivity index (χ1v) is 8.06. The summed E-state index contributed by atoms with van der Waals surface area (Å²) in [6.07, 6.45) is 1.34. The molecule has 0 fully saturated rings. The Morgan fingerprint density at radius 3 is 1.95 bits per heavy atom. The summed E-state index contributed by atoms with van der Waals surface area (Å²) in [5.41, 5.74) is 0. The summed E-state index contributed by atoms with van der Waals surface area (Å²) in [4.78, 5) is 0. The van der Waals surface area contributed by atoms with E-state index in [-0.39, 0.29) is 63.4 Å². The van der Waals surface area contributed by atoms with Crippen LogP contribution in [0.15, 0.2) is 42.5 Å². The number of hydrogen-bond donors (Lipinski definition) is 0. The Labute approximate surface area is 163 Å². The van der Waals surface area contributed by atoms with Crippen LogP contribution in [0.25, 0.3) is 10.8 Å². The fourth-order valence-corrected chi connectivity index (χ4v) is 2.97. The van der Waals surface area contributed by atoms with Crippen molar-refractivity contribution in [1.82, 2.24) is 0 Å². The zero-order valence-corrected chi connectivity index (χ0v) is 17.9. The van der Waals surface area contributed by atoms with Gasteiger partial charge in [0.05, 0.1) is 0 Å². The van der Waals surface area contributed by atoms with Crippen molar-refractivity contribution in [1.29, 1.82) is 0 Å². The Hall–Kier alpha value is 1.01. The van der Waals surface area contributed by atoms with Crippen LogP contribution in [0.4, 0.5) is 0 Å². The van der Waals surface area contributed by atoms with E-state index >= 15 is 0 Å². The van der Waals surface area contributed by atoms with Gasteiger partial charge in [-0.1, -0.05) is 6.07 Å². The number of hydrogen-bond acceptors (Lipinski definition) is 0. The first kappa shape index (κ1) is 29.1. The Balaban J connectivity index is -0.000000110. The van der Waals surface area contributed by atoms with Crippen LogP contribution in [-0.2, 0) is 26.2 Å². The van der Waals surface area contributed by atoms with Gasteiger partial charge < -0.3 is 43.1 Å². The van der Waals surface area contributed by atoms with Crippen molar-refractivity contribution in [3.8, 4) is 0 Å². The largest absolute Gasteiger partial charge is 3.00 e. The van der Waals surface area contributed by atoms with E-state index < -0.39 is 0 Å². The average molecular weight is 430 g/mol. The van der Waals surface area contributed by atoms with Gasteiger partial charge in [-0.2, -0.15) is 37.5 Å². The first-order chi connectivity index (χ1) is 7.59. The van der Waals surface area contributed by atoms with Crippen LogP contribution in [0, 0.1) is 5.92 Å². The molecule has 0 aromatic heterocycles. The molecule has 0 heterocycles. The minimum absolute atomic E-state index is 0. The van der Waals surface area contributed by atoms with Gasteiger partial charge in [0, 0.05) is 0 Å². The normalized spacial score (nSPS) is 8.50. The standard InChI is InChI=1S/C9H7.C6H14P.3ClH.Zr/c1-2-5-9-7-3-6-8(9)4-1;1-6(2)5-7(3)4;;;;/h1-7H;5H2,1-4H3;3*1H;/q2*-1;;;;+3/p-3. The molecule has 0 N–H and O–H groups in total. The summed E-state index contributed by atoms with van der Waals surface area (Å²) in [5, 5.41) is 2.66. The number of fused-ring (bicyclic) bond motifs is 1. The van der Waals surface area contributed by atoms with Crippen molar-refractivity contribution in [2.24, 2.45) is 0 Å². The second-order valence-corrected chi connectivity index (χ2v) is 7.08. The molecule has 0 saturated carbocycles. The van der Waals surface area contributed by atoms with Crippen molar-refractivity contribution in [2.45, 2.75) is 13.8 Å². The maximum absolute atomic E-state index is 2.31. The second-order valence-electron chi connectivity index (χ2n) is 4.60. The molecule has 20 heavy (non-hydrogen) atoms. The minimum atomic E-state index is 0. The Bertz CT molecular complexity index is 380. The molecule has 113 valence electrons. The van der Waals surface area contributed by atoms with Gasteiger partial charge in [0.1, 0.15) is 0 Å². The topological polar surface area (TPSA) is 0 Å². The van der Waals surface area contributed by atoms with E-state index in [4.69, 9.17) is 0 Å². The third kappa shape index (κ3) is 12.7. The Morgan fingerprint density at radius 1 is 1.00 bits per heavy atom. The summed E-state index contributed by atoms with van der Waals surface area (Å²) in [6.45, 7) is 9.01. The summed E-state index contributed by atoms with van der Waals surface area (Å²) in [5.74, 6) is 1.57. The second kappa shape index (κ2) is 16.4. The van der Waals surface area contributed by atoms with E-state index in [0.29, 0.717) is 7.92 Å². The quantitative estimate of drug-likeness (QED) is 0.336. The van der Waals surface area contributed by atoms with Gasteiger partial charge in [0.25, 0.3) is 0 Å². The van der Waals surface area contributed by atoms with Crippen molar-refractivity contribution >= 4 is 18.7 Å². The summed E-state index contributed by atoms with van der Waals surface area (Å²) in [6, 6.07) is 14.7. The molecule has 2 aromatic rings. The molecule has 2 rings (SSSR count). The Morgan fingerprint density at radius 2 is 1.55 bits per heavy atom. The molecule has 5 heteroatoms. The molecule has 2 aromatic carbocycles. The summed E-state index contributed by atoms with van der Waals surface area (Å²) < 4.78 is 0. The molecule has 0 saturated heterocycles. The number of halogens is 3. The number of benzene rings is 1. The monoisotopic (exact) mass is 427 g/mol. The summed E-state index contributed by atoms with van der Waals surface area (Å²) >= 11 is 0. The molecule has 0 aliphatic carbocycles. The molecule has 0 nitrogen and oxygen atoms in total. The molecule has 0 unspecified atom stereocenters. The predicted molar refractivity (Wildman–Crippen MR) is 77.8 cm³/mol. The minimum Gasteiger partial charge on any atom is -1.00 e. The summed E-state index contributed by atoms with van der Waals surface area (Å²) in [7, 11) is 0.323. The first-order valence-electron chi connectivity index (χ1n) is 5.64. The van der Waals surface area contributed by atoms with Crippen molar-refractivity contribution in [2.75, 3.05) is 19.5 Å². The van der Waals surface area contributed by atoms with E-state index in [1.54, 1.807) is 5.92 Å². The fraction of sp³-hybridized carbons (Fsp3) is 0.333. The molecule has 0 bridgehead atoms. The molecule has 1 radical (unpaired) electrons. The van der Waals surface area contributed by atoms with E-state index in [0.717, 1.165) is 0 Å². The fourth-order valence-electron chi connectivity index (χ4n) is 1.70. The molecular weight excluding hydrogens is 409 g/mol. The van der Waals surface area contributed by atoms with Gasteiger partial charge >= 0.3 is 26.2 Å². The molecule has 0 amide bonds. The average Bonchev–Trinajstić information content (AvgIpc) is 2.63. The Kier molecular flexibility index (Phi) is 23.8. The van der Waals surface area contributed by atoms with Crippen molar-refractivity contribution < 1.29 is 63.4 Å². The smallest absolute Gasteiger partial charge is 1.00 e. The number of rotatable bonds is 2. The van der Waals surface area contributed by atoms with Gasteiger partial charge in [0.2, 0.25) is 0 Å². The molecular formula is C15H21Cl3PZr-2. The SMILES string of the molecule is C[C-](C)CP(C)C.[Cl-].[Cl-].[Cl-].[Zr+3].c1ccc2[cH-]ccc2c1. The molecule has 0 aliphatic rings. The van der Waals surface area contributed by atoms with Crippen LogP contribution in [0.1, 0.15) is 13.8 Å². The van der Waals surface area contributed by atoms with Crippen molar-refractivity contribution in [3.05, 3.63) is 48.4 Å². The van der Waals surface area contributed by atoms with Crippen molar-refractivity contribution in [3.63, 3.8) is 0 Å². The third-order valence-electron chi connectivity index (χ3n) is 2.18. The third-order valence-corrected chi connectivity index (χ3v) is 3.44. The molecule has 0 aliphatic heterocycles.